The van der Waals surface area contributed by atoms with E-state index >= 15 is 0 Å². The summed E-state index contributed by atoms with van der Waals surface area (Å²) in [6, 6.07) is 6.05. The zero-order chi connectivity index (χ0) is 19.4. The first-order valence-corrected chi connectivity index (χ1v) is 8.40. The Hall–Kier alpha value is -2.70. The fourth-order valence-electron chi connectivity index (χ4n) is 2.95. The molecule has 0 bridgehead atoms. The second kappa shape index (κ2) is 7.90. The first-order valence-electron chi connectivity index (χ1n) is 8.40. The number of amides is 2. The first-order chi connectivity index (χ1) is 12.9. The van der Waals surface area contributed by atoms with E-state index in [4.69, 9.17) is 10.5 Å². The summed E-state index contributed by atoms with van der Waals surface area (Å²) in [6.45, 7) is 0.700. The van der Waals surface area contributed by atoms with Crippen LogP contribution in [0.2, 0.25) is 0 Å². The van der Waals surface area contributed by atoms with Gasteiger partial charge in [-0.3, -0.25) is 0 Å². The number of nitrogens with zero attached hydrogens (tertiary/aromatic N) is 2. The number of anilines is 1. The van der Waals surface area contributed by atoms with Crippen LogP contribution in [0, 0.1) is 11.8 Å². The van der Waals surface area contributed by atoms with Crippen molar-refractivity contribution in [1.29, 1.82) is 0 Å². The molecule has 0 aliphatic carbocycles. The summed E-state index contributed by atoms with van der Waals surface area (Å²) < 4.78 is 45.4. The Bertz CT molecular complexity index is 890. The van der Waals surface area contributed by atoms with Gasteiger partial charge in [-0.2, -0.15) is 13.2 Å². The smallest absolute Gasteiger partial charge is 0.378 e. The van der Waals surface area contributed by atoms with Crippen molar-refractivity contribution < 1.29 is 22.7 Å². The van der Waals surface area contributed by atoms with Gasteiger partial charge in [0.15, 0.2) is 0 Å². The van der Waals surface area contributed by atoms with Crippen molar-refractivity contribution in [2.24, 2.45) is 5.73 Å². The summed E-state index contributed by atoms with van der Waals surface area (Å²) in [6.07, 6.45) is -4.40. The monoisotopic (exact) mass is 380 g/mol. The molecule has 0 spiro atoms. The summed E-state index contributed by atoms with van der Waals surface area (Å²) in [5, 5.41) is 3.27. The molecule has 1 aliphatic heterocycles. The molecule has 3 N–H and O–H groups in total. The highest BCUT2D eigenvalue weighted by atomic mass is 19.4. The molecule has 1 aromatic carbocycles. The minimum absolute atomic E-state index is 0.0359. The number of carbonyl (C=O) groups is 1. The second-order valence-corrected chi connectivity index (χ2v) is 6.00. The Labute approximate surface area is 154 Å². The quantitative estimate of drug-likeness (QED) is 0.786. The van der Waals surface area contributed by atoms with E-state index in [2.05, 4.69) is 17.2 Å². The number of ether oxygens (including phenoxy) is 1. The van der Waals surface area contributed by atoms with E-state index < -0.39 is 12.7 Å². The minimum Gasteiger partial charge on any atom is -0.378 e. The van der Waals surface area contributed by atoms with Crippen LogP contribution >= 0.6 is 0 Å². The largest absolute Gasteiger partial charge is 0.406 e. The molecule has 2 heterocycles. The van der Waals surface area contributed by atoms with Gasteiger partial charge in [-0.05, 0) is 24.1 Å². The number of alkyl halides is 3. The van der Waals surface area contributed by atoms with Gasteiger partial charge in [0.2, 0.25) is 0 Å². The van der Waals surface area contributed by atoms with Crippen molar-refractivity contribution in [3.8, 4) is 11.8 Å². The molecular weight excluding hydrogens is 361 g/mol. The lowest BCUT2D eigenvalue weighted by molar-refractivity contribution is -0.140. The molecule has 3 rings (SSSR count). The Balaban J connectivity index is 1.98. The van der Waals surface area contributed by atoms with E-state index in [0.717, 1.165) is 4.57 Å². The Morgan fingerprint density at radius 2 is 2.04 bits per heavy atom. The lowest BCUT2D eigenvalue weighted by Gasteiger charge is -2.27. The van der Waals surface area contributed by atoms with E-state index in [1.807, 2.05) is 0 Å². The third-order valence-corrected chi connectivity index (χ3v) is 4.14. The zero-order valence-corrected chi connectivity index (χ0v) is 14.5. The van der Waals surface area contributed by atoms with Gasteiger partial charge in [-0.1, -0.05) is 12.0 Å². The van der Waals surface area contributed by atoms with Crippen molar-refractivity contribution in [1.82, 2.24) is 9.47 Å². The number of nitrogens with two attached hydrogens (primary N) is 1. The SMILES string of the molecule is NCC#Cc1cc2c(NC(=O)N3CCOCC3)cccc2n1CC(F)(F)F. The van der Waals surface area contributed by atoms with E-state index in [0.29, 0.717) is 42.9 Å². The van der Waals surface area contributed by atoms with Crippen LogP contribution in [0.3, 0.4) is 0 Å². The van der Waals surface area contributed by atoms with E-state index in [-0.39, 0.29) is 18.3 Å². The highest BCUT2D eigenvalue weighted by molar-refractivity contribution is 6.01. The molecule has 0 saturated carbocycles. The highest BCUT2D eigenvalue weighted by Gasteiger charge is 2.30. The zero-order valence-electron chi connectivity index (χ0n) is 14.5. The van der Waals surface area contributed by atoms with E-state index in [1.165, 1.54) is 0 Å². The van der Waals surface area contributed by atoms with Crippen LogP contribution in [0.4, 0.5) is 23.7 Å². The molecule has 1 aliphatic rings. The summed E-state index contributed by atoms with van der Waals surface area (Å²) in [5.41, 5.74) is 6.32. The van der Waals surface area contributed by atoms with Gasteiger partial charge in [-0.25, -0.2) is 4.79 Å². The second-order valence-electron chi connectivity index (χ2n) is 6.00. The van der Waals surface area contributed by atoms with Gasteiger partial charge >= 0.3 is 12.2 Å². The van der Waals surface area contributed by atoms with Crippen molar-refractivity contribution in [2.45, 2.75) is 12.7 Å². The fourth-order valence-corrected chi connectivity index (χ4v) is 2.95. The lowest BCUT2D eigenvalue weighted by atomic mass is 10.2. The van der Waals surface area contributed by atoms with Crippen molar-refractivity contribution in [3.63, 3.8) is 0 Å². The number of rotatable bonds is 2. The number of fused-ring (bicyclic) bond motifs is 1. The average Bonchev–Trinajstić information content (AvgIpc) is 2.98. The van der Waals surface area contributed by atoms with Crippen LogP contribution in [0.1, 0.15) is 5.69 Å². The Kier molecular flexibility index (Phi) is 5.58. The Morgan fingerprint density at radius 1 is 1.30 bits per heavy atom. The summed E-state index contributed by atoms with van der Waals surface area (Å²) >= 11 is 0. The molecule has 144 valence electrons. The number of nitrogens with one attached hydrogen (secondary N) is 1. The number of carbonyl (C=O) groups excluding carboxylic acids is 1. The molecule has 2 amide bonds. The number of benzene rings is 1. The maximum Gasteiger partial charge on any atom is 0.406 e. The van der Waals surface area contributed by atoms with Gasteiger partial charge in [0.05, 0.1) is 36.7 Å². The van der Waals surface area contributed by atoms with Crippen LogP contribution in [0.15, 0.2) is 24.3 Å². The fraction of sp³-hybridized carbons (Fsp3) is 0.389. The maximum atomic E-state index is 13.0. The van der Waals surface area contributed by atoms with Crippen LogP contribution in [-0.2, 0) is 11.3 Å². The maximum absolute atomic E-state index is 13.0. The molecule has 9 heteroatoms. The molecule has 1 saturated heterocycles. The summed E-state index contributed by atoms with van der Waals surface area (Å²) in [7, 11) is 0. The molecule has 0 radical (unpaired) electrons. The molecule has 0 unspecified atom stereocenters. The van der Waals surface area contributed by atoms with Crippen LogP contribution in [0.25, 0.3) is 10.9 Å². The lowest BCUT2D eigenvalue weighted by Crippen LogP contribution is -2.43. The van der Waals surface area contributed by atoms with Gasteiger partial charge < -0.3 is 25.3 Å². The molecule has 27 heavy (non-hydrogen) atoms. The standard InChI is InChI=1S/C18H19F3N4O2/c19-18(20,21)12-25-13(3-2-6-22)11-14-15(4-1-5-16(14)25)23-17(26)24-7-9-27-10-8-24/h1,4-5,11H,6-10,12,22H2,(H,23,26). The molecule has 2 aromatic rings. The first kappa shape index (κ1) is 19.1. The van der Waals surface area contributed by atoms with Gasteiger partial charge in [0.25, 0.3) is 0 Å². The number of morpholine rings is 1. The Morgan fingerprint density at radius 3 is 2.70 bits per heavy atom. The van der Waals surface area contributed by atoms with E-state index in [1.54, 1.807) is 29.2 Å². The molecule has 1 aromatic heterocycles. The van der Waals surface area contributed by atoms with Gasteiger partial charge in [0, 0.05) is 18.5 Å². The number of hydrogen-bond donors (Lipinski definition) is 2. The highest BCUT2D eigenvalue weighted by Crippen LogP contribution is 2.30. The van der Waals surface area contributed by atoms with Gasteiger partial charge in [-0.15, -0.1) is 0 Å². The predicted molar refractivity (Wildman–Crippen MR) is 95.3 cm³/mol. The number of aromatic nitrogens is 1. The average molecular weight is 380 g/mol. The van der Waals surface area contributed by atoms with Crippen LogP contribution in [0.5, 0.6) is 0 Å². The third kappa shape index (κ3) is 4.53. The summed E-state index contributed by atoms with van der Waals surface area (Å²) in [5.74, 6) is 5.26. The molecule has 6 nitrogen and oxygen atoms in total. The van der Waals surface area contributed by atoms with Crippen molar-refractivity contribution in [2.75, 3.05) is 38.2 Å². The molecule has 1 fully saturated rings. The normalized spacial score (nSPS) is 14.7. The van der Waals surface area contributed by atoms with Crippen molar-refractivity contribution >= 4 is 22.6 Å². The van der Waals surface area contributed by atoms with Crippen LogP contribution < -0.4 is 11.1 Å². The van der Waals surface area contributed by atoms with Crippen LogP contribution in [-0.4, -0.2) is 54.5 Å². The third-order valence-electron chi connectivity index (χ3n) is 4.14. The minimum atomic E-state index is -4.40. The number of urea groups is 1. The number of halogens is 3. The summed E-state index contributed by atoms with van der Waals surface area (Å²) in [4.78, 5) is 14.0. The topological polar surface area (TPSA) is 72.5 Å². The van der Waals surface area contributed by atoms with Gasteiger partial charge in [0.1, 0.15) is 6.54 Å². The predicted octanol–water partition coefficient (Wildman–Crippen LogP) is 2.38. The van der Waals surface area contributed by atoms with E-state index in [9.17, 15) is 18.0 Å². The molecule has 0 atom stereocenters. The molecular formula is C18H19F3N4O2. The van der Waals surface area contributed by atoms with Crippen molar-refractivity contribution in [3.05, 3.63) is 30.0 Å². The number of hydrogen-bond acceptors (Lipinski definition) is 3.